The second kappa shape index (κ2) is 11.7. The van der Waals surface area contributed by atoms with Gasteiger partial charge in [-0.1, -0.05) is 23.2 Å². The van der Waals surface area contributed by atoms with Crippen molar-refractivity contribution in [2.45, 2.75) is 18.9 Å². The third-order valence-electron chi connectivity index (χ3n) is 6.81. The van der Waals surface area contributed by atoms with Crippen LogP contribution >= 0.6 is 23.2 Å². The van der Waals surface area contributed by atoms with E-state index < -0.39 is 6.09 Å². The molecule has 0 aliphatic carbocycles. The fraction of sp³-hybridized carbons (Fsp3) is 0.222. The average Bonchev–Trinajstić information content (AvgIpc) is 3.74. The third kappa shape index (κ3) is 5.49. The van der Waals surface area contributed by atoms with Crippen LogP contribution in [0.25, 0.3) is 28.2 Å². The molecule has 1 aromatic carbocycles. The van der Waals surface area contributed by atoms with Gasteiger partial charge in [0.15, 0.2) is 5.15 Å². The van der Waals surface area contributed by atoms with Crippen LogP contribution in [0.15, 0.2) is 59.8 Å². The molecule has 0 saturated carbocycles. The molecule has 0 fully saturated rings. The number of nitrogens with one attached hydrogen (secondary N) is 2. The summed E-state index contributed by atoms with van der Waals surface area (Å²) < 4.78 is 13.1. The predicted molar refractivity (Wildman–Crippen MR) is 154 cm³/mol. The van der Waals surface area contributed by atoms with E-state index in [-0.39, 0.29) is 23.4 Å². The van der Waals surface area contributed by atoms with Crippen molar-refractivity contribution >= 4 is 35.1 Å². The number of fused-ring (bicyclic) bond motifs is 1. The van der Waals surface area contributed by atoms with Crippen molar-refractivity contribution in [3.05, 3.63) is 86.9 Å². The van der Waals surface area contributed by atoms with Crippen LogP contribution in [0.3, 0.4) is 0 Å². The highest BCUT2D eigenvalue weighted by atomic mass is 35.5. The lowest BCUT2D eigenvalue weighted by atomic mass is 10.0. The summed E-state index contributed by atoms with van der Waals surface area (Å²) in [5, 5.41) is 14.8. The first-order valence-corrected chi connectivity index (χ1v) is 13.6. The number of halogens is 2. The molecule has 42 heavy (non-hydrogen) atoms. The summed E-state index contributed by atoms with van der Waals surface area (Å²) >= 11 is 12.9. The van der Waals surface area contributed by atoms with Crippen molar-refractivity contribution in [3.63, 3.8) is 0 Å². The smallest absolute Gasteiger partial charge is 0.412 e. The minimum Gasteiger partial charge on any atom is -0.447 e. The van der Waals surface area contributed by atoms with Crippen LogP contribution in [0, 0.1) is 0 Å². The van der Waals surface area contributed by atoms with Gasteiger partial charge >= 0.3 is 6.09 Å². The minimum atomic E-state index is -0.633. The number of benzene rings is 1. The lowest BCUT2D eigenvalue weighted by molar-refractivity contribution is 0.107. The van der Waals surface area contributed by atoms with E-state index >= 15 is 0 Å². The molecule has 2 N–H and O–H groups in total. The van der Waals surface area contributed by atoms with Crippen molar-refractivity contribution in [3.8, 4) is 28.2 Å². The van der Waals surface area contributed by atoms with E-state index in [2.05, 4.69) is 35.8 Å². The number of aromatic amines is 1. The Balaban J connectivity index is 1.25. The number of amides is 1. The maximum atomic E-state index is 13.5. The highest BCUT2D eigenvalue weighted by molar-refractivity contribution is 6.31. The van der Waals surface area contributed by atoms with E-state index in [0.29, 0.717) is 58.6 Å². The largest absolute Gasteiger partial charge is 0.447 e. The number of H-pyrrole nitrogens is 1. The van der Waals surface area contributed by atoms with Gasteiger partial charge in [0.05, 0.1) is 24.0 Å². The van der Waals surface area contributed by atoms with Gasteiger partial charge in [-0.15, -0.1) is 5.10 Å². The zero-order valence-electron chi connectivity index (χ0n) is 22.1. The summed E-state index contributed by atoms with van der Waals surface area (Å²) in [4.78, 5) is 37.4. The predicted octanol–water partition coefficient (Wildman–Crippen LogP) is 4.31. The SMILES string of the molecule is COCCOC(=O)Nc1ccc(-c2nc(Cl)c([C@@H]3CCc4cc(-c5cc(Cl)ccc5-n5cnnn5)cc(=O)n43)[nH]2)cn1. The molecule has 1 aliphatic heterocycles. The molecule has 0 saturated heterocycles. The number of tetrazole rings is 1. The van der Waals surface area contributed by atoms with Crippen molar-refractivity contribution < 1.29 is 14.3 Å². The summed E-state index contributed by atoms with van der Waals surface area (Å²) in [5.41, 5.74) is 4.08. The molecule has 0 radical (unpaired) electrons. The Morgan fingerprint density at radius 1 is 1.14 bits per heavy atom. The molecule has 1 aliphatic rings. The van der Waals surface area contributed by atoms with Crippen LogP contribution in [0.5, 0.6) is 0 Å². The van der Waals surface area contributed by atoms with E-state index in [4.69, 9.17) is 32.7 Å². The molecule has 1 amide bonds. The number of rotatable bonds is 8. The molecule has 0 bridgehead atoms. The molecule has 5 aromatic rings. The van der Waals surface area contributed by atoms with Crippen LogP contribution in [-0.2, 0) is 15.9 Å². The monoisotopic (exact) mass is 607 g/mol. The van der Waals surface area contributed by atoms with Crippen LogP contribution in [0.4, 0.5) is 10.6 Å². The zero-order chi connectivity index (χ0) is 29.2. The molecule has 214 valence electrons. The number of aromatic nitrogens is 8. The number of nitrogens with zero attached hydrogens (tertiary/aromatic N) is 7. The minimum absolute atomic E-state index is 0.130. The maximum absolute atomic E-state index is 13.5. The summed E-state index contributed by atoms with van der Waals surface area (Å²) in [6, 6.07) is 11.9. The van der Waals surface area contributed by atoms with Gasteiger partial charge in [-0.3, -0.25) is 10.1 Å². The van der Waals surface area contributed by atoms with Crippen molar-refractivity contribution in [1.82, 2.24) is 39.7 Å². The number of hydrogen-bond acceptors (Lipinski definition) is 9. The number of imidazole rings is 1. The fourth-order valence-corrected chi connectivity index (χ4v) is 5.35. The molecule has 13 nitrogen and oxygen atoms in total. The van der Waals surface area contributed by atoms with Gasteiger partial charge in [0.1, 0.15) is 24.6 Å². The Labute approximate surface area is 248 Å². The first kappa shape index (κ1) is 27.6. The Bertz CT molecular complexity index is 1800. The number of methoxy groups -OCH3 is 1. The first-order chi connectivity index (χ1) is 20.4. The van der Waals surface area contributed by atoms with Crippen LogP contribution in [0.2, 0.25) is 10.2 Å². The van der Waals surface area contributed by atoms with Crippen LogP contribution in [0.1, 0.15) is 23.9 Å². The molecule has 1 atom stereocenters. The quantitative estimate of drug-likeness (QED) is 0.245. The number of ether oxygens (including phenoxy) is 2. The maximum Gasteiger partial charge on any atom is 0.412 e. The van der Waals surface area contributed by atoms with Crippen LogP contribution in [-0.4, -0.2) is 66.1 Å². The summed E-state index contributed by atoms with van der Waals surface area (Å²) in [5.74, 6) is 0.800. The lowest BCUT2D eigenvalue weighted by Crippen LogP contribution is -2.23. The van der Waals surface area contributed by atoms with Gasteiger partial charge in [0.25, 0.3) is 5.56 Å². The van der Waals surface area contributed by atoms with E-state index in [1.807, 2.05) is 6.07 Å². The first-order valence-electron chi connectivity index (χ1n) is 12.8. The van der Waals surface area contributed by atoms with Crippen molar-refractivity contribution in [2.24, 2.45) is 0 Å². The highest BCUT2D eigenvalue weighted by Crippen LogP contribution is 2.37. The zero-order valence-corrected chi connectivity index (χ0v) is 23.6. The summed E-state index contributed by atoms with van der Waals surface area (Å²) in [7, 11) is 1.52. The number of hydrogen-bond donors (Lipinski definition) is 2. The fourth-order valence-electron chi connectivity index (χ4n) is 4.92. The normalized spacial score (nSPS) is 14.1. The number of anilines is 1. The van der Waals surface area contributed by atoms with Crippen molar-refractivity contribution in [1.29, 1.82) is 0 Å². The molecular formula is C27H23Cl2N9O4. The van der Waals surface area contributed by atoms with Gasteiger partial charge in [0.2, 0.25) is 0 Å². The Kier molecular flexibility index (Phi) is 7.69. The van der Waals surface area contributed by atoms with Gasteiger partial charge in [-0.05, 0) is 65.2 Å². The second-order valence-electron chi connectivity index (χ2n) is 9.39. The van der Waals surface area contributed by atoms with Gasteiger partial charge in [0, 0.05) is 41.2 Å². The summed E-state index contributed by atoms with van der Waals surface area (Å²) in [6.07, 6.45) is 3.71. The standard InChI is InChI=1S/C27H23Cl2N9O4/c1-41-8-9-42-27(40)32-22-7-2-15(13-30-22)26-33-24(25(29)34-26)21-6-4-18-10-16(11-23(39)38(18)21)19-12-17(28)3-5-20(19)37-14-31-35-36-37/h2-3,5,7,10-14,21H,4,6,8-9H2,1H3,(H,33,34)(H,30,32,40)/t21-/m0/s1. The van der Waals surface area contributed by atoms with E-state index in [1.165, 1.54) is 18.1 Å². The van der Waals surface area contributed by atoms with Crippen LogP contribution < -0.4 is 10.9 Å². The molecular weight excluding hydrogens is 585 g/mol. The second-order valence-corrected chi connectivity index (χ2v) is 10.2. The van der Waals surface area contributed by atoms with E-state index in [9.17, 15) is 9.59 Å². The van der Waals surface area contributed by atoms with Gasteiger partial charge < -0.3 is 19.0 Å². The molecule has 4 aromatic heterocycles. The number of pyridine rings is 2. The molecule has 15 heteroatoms. The molecule has 6 rings (SSSR count). The molecule has 0 spiro atoms. The molecule has 5 heterocycles. The summed E-state index contributed by atoms with van der Waals surface area (Å²) in [6.45, 7) is 0.427. The topological polar surface area (TPSA) is 155 Å². The van der Waals surface area contributed by atoms with Gasteiger partial charge in [-0.2, -0.15) is 4.68 Å². The van der Waals surface area contributed by atoms with E-state index in [0.717, 1.165) is 11.3 Å². The highest BCUT2D eigenvalue weighted by Gasteiger charge is 2.29. The Hall–Kier alpha value is -4.59. The Morgan fingerprint density at radius 2 is 2.02 bits per heavy atom. The number of aryl methyl sites for hydroxylation is 1. The van der Waals surface area contributed by atoms with E-state index in [1.54, 1.807) is 47.2 Å². The Morgan fingerprint density at radius 3 is 2.79 bits per heavy atom. The third-order valence-corrected chi connectivity index (χ3v) is 7.33. The number of carbonyl (C=O) groups is 1. The van der Waals surface area contributed by atoms with Gasteiger partial charge in [-0.25, -0.2) is 14.8 Å². The van der Waals surface area contributed by atoms with Crippen molar-refractivity contribution in [2.75, 3.05) is 25.6 Å². The average molecular weight is 608 g/mol. The molecule has 0 unspecified atom stereocenters. The number of carbonyl (C=O) groups excluding carboxylic acids is 1. The lowest BCUT2D eigenvalue weighted by Gasteiger charge is -2.15.